The maximum atomic E-state index is 12.4. The van der Waals surface area contributed by atoms with Crippen LogP contribution in [0.15, 0.2) is 36.5 Å². The van der Waals surface area contributed by atoms with Crippen molar-refractivity contribution >= 4 is 11.9 Å². The van der Waals surface area contributed by atoms with Crippen molar-refractivity contribution in [2.75, 3.05) is 13.2 Å². The lowest BCUT2D eigenvalue weighted by Crippen LogP contribution is -2.45. The van der Waals surface area contributed by atoms with Gasteiger partial charge in [-0.3, -0.25) is 9.59 Å². The molecule has 2 unspecified atom stereocenters. The first-order valence-electron chi connectivity index (χ1n) is 32.7. The first-order valence-corrected chi connectivity index (χ1v) is 32.7. The topological polar surface area (TPSA) is 95.9 Å². The molecule has 1 amide bonds. The van der Waals surface area contributed by atoms with E-state index in [2.05, 4.69) is 55.6 Å². The molecule has 3 N–H and O–H groups in total. The molecule has 0 heterocycles. The molecule has 0 aromatic rings. The first kappa shape index (κ1) is 71.1. The standard InChI is InChI=1S/C67H127NO5/c1-3-5-7-9-11-13-15-16-17-31-35-38-41-45-49-53-57-61-67(72)73-62-58-54-50-46-42-39-36-33-30-28-26-24-22-20-18-19-21-23-25-27-29-32-34-37-40-44-48-52-56-60-66(71)68-64(63-69)65(70)59-55-51-47-43-14-12-10-8-6-4-2/h16-18,20,24,26,64-65,69-70H,3-15,19,21-23,25,27-63H2,1-2H3,(H,68,71)/b17-16-,20-18-,26-24-. The third-order valence-corrected chi connectivity index (χ3v) is 15.2. The Morgan fingerprint density at radius 1 is 0.384 bits per heavy atom. The Balaban J connectivity index is 3.38. The molecule has 2 atom stereocenters. The molecule has 430 valence electrons. The first-order chi connectivity index (χ1) is 36.0. The number of esters is 1. The predicted octanol–water partition coefficient (Wildman–Crippen LogP) is 20.8. The van der Waals surface area contributed by atoms with E-state index in [0.29, 0.717) is 25.9 Å². The molecule has 0 aliphatic rings. The molecule has 0 aliphatic carbocycles. The van der Waals surface area contributed by atoms with Gasteiger partial charge in [0.15, 0.2) is 0 Å². The highest BCUT2D eigenvalue weighted by Crippen LogP contribution is 2.17. The minimum Gasteiger partial charge on any atom is -0.466 e. The lowest BCUT2D eigenvalue weighted by atomic mass is 10.0. The molecular weight excluding hydrogens is 899 g/mol. The van der Waals surface area contributed by atoms with E-state index in [1.54, 1.807) is 0 Å². The Bertz CT molecular complexity index is 1180. The molecule has 0 saturated heterocycles. The normalized spacial score (nSPS) is 12.8. The summed E-state index contributed by atoms with van der Waals surface area (Å²) in [4.78, 5) is 24.5. The number of amides is 1. The number of hydrogen-bond acceptors (Lipinski definition) is 5. The molecule has 6 heteroatoms. The predicted molar refractivity (Wildman–Crippen MR) is 319 cm³/mol. The molecule has 0 spiro atoms. The van der Waals surface area contributed by atoms with Crippen LogP contribution in [0.2, 0.25) is 0 Å². The molecule has 0 saturated carbocycles. The van der Waals surface area contributed by atoms with E-state index in [0.717, 1.165) is 51.4 Å². The van der Waals surface area contributed by atoms with Gasteiger partial charge in [0, 0.05) is 12.8 Å². The van der Waals surface area contributed by atoms with Gasteiger partial charge in [0.25, 0.3) is 0 Å². The summed E-state index contributed by atoms with van der Waals surface area (Å²) in [6, 6.07) is -0.541. The van der Waals surface area contributed by atoms with Gasteiger partial charge in [0.05, 0.1) is 25.4 Å². The number of unbranched alkanes of at least 4 members (excludes halogenated alkanes) is 44. The highest BCUT2D eigenvalue weighted by Gasteiger charge is 2.20. The summed E-state index contributed by atoms with van der Waals surface area (Å²) in [6.07, 6.45) is 79.0. The number of aliphatic hydroxyl groups is 2. The molecule has 0 radical (unpaired) electrons. The van der Waals surface area contributed by atoms with Gasteiger partial charge in [-0.2, -0.15) is 0 Å². The number of carbonyl (C=O) groups excluding carboxylic acids is 2. The van der Waals surface area contributed by atoms with E-state index in [-0.39, 0.29) is 18.5 Å². The zero-order chi connectivity index (χ0) is 52.9. The van der Waals surface area contributed by atoms with Crippen LogP contribution in [-0.2, 0) is 14.3 Å². The molecule has 0 fully saturated rings. The Labute approximate surface area is 455 Å². The summed E-state index contributed by atoms with van der Waals surface area (Å²) in [6.45, 7) is 4.94. The van der Waals surface area contributed by atoms with Gasteiger partial charge < -0.3 is 20.3 Å². The second-order valence-corrected chi connectivity index (χ2v) is 22.4. The van der Waals surface area contributed by atoms with Crippen molar-refractivity contribution in [3.8, 4) is 0 Å². The van der Waals surface area contributed by atoms with E-state index in [4.69, 9.17) is 4.74 Å². The van der Waals surface area contributed by atoms with Crippen LogP contribution < -0.4 is 5.32 Å². The van der Waals surface area contributed by atoms with E-state index in [9.17, 15) is 19.8 Å². The Morgan fingerprint density at radius 3 is 1.05 bits per heavy atom. The number of hydrogen-bond donors (Lipinski definition) is 3. The summed E-state index contributed by atoms with van der Waals surface area (Å²) in [7, 11) is 0. The second-order valence-electron chi connectivity index (χ2n) is 22.4. The summed E-state index contributed by atoms with van der Waals surface area (Å²) in [5.41, 5.74) is 0. The van der Waals surface area contributed by atoms with Crippen LogP contribution in [0.5, 0.6) is 0 Å². The molecule has 6 nitrogen and oxygen atoms in total. The SMILES string of the molecule is CCCCCCCC/C=C\CCCCCCCCCC(=O)OCCCCCCCCCCC/C=C\C/C=C\CCCCCCCCCCCCCCCC(=O)NC(CO)C(O)CCCCCCCCCCCC. The molecular formula is C67H127NO5. The van der Waals surface area contributed by atoms with Gasteiger partial charge >= 0.3 is 5.97 Å². The lowest BCUT2D eigenvalue weighted by molar-refractivity contribution is -0.143. The number of carbonyl (C=O) groups is 2. The van der Waals surface area contributed by atoms with Crippen LogP contribution in [0.3, 0.4) is 0 Å². The number of nitrogens with one attached hydrogen (secondary N) is 1. The van der Waals surface area contributed by atoms with Crippen LogP contribution in [0, 0.1) is 0 Å². The molecule has 0 aliphatic heterocycles. The van der Waals surface area contributed by atoms with Crippen molar-refractivity contribution in [3.63, 3.8) is 0 Å². The molecule has 0 rings (SSSR count). The fourth-order valence-electron chi connectivity index (χ4n) is 10.1. The third kappa shape index (κ3) is 59.2. The monoisotopic (exact) mass is 1030 g/mol. The molecule has 0 aromatic carbocycles. The van der Waals surface area contributed by atoms with Gasteiger partial charge in [-0.05, 0) is 83.5 Å². The summed E-state index contributed by atoms with van der Waals surface area (Å²) in [5.74, 6) is -0.0281. The van der Waals surface area contributed by atoms with Crippen LogP contribution in [0.25, 0.3) is 0 Å². The summed E-state index contributed by atoms with van der Waals surface area (Å²) < 4.78 is 5.49. The van der Waals surface area contributed by atoms with E-state index in [1.807, 2.05) is 0 Å². The van der Waals surface area contributed by atoms with Crippen molar-refractivity contribution in [1.82, 2.24) is 5.32 Å². The van der Waals surface area contributed by atoms with Gasteiger partial charge in [-0.15, -0.1) is 0 Å². The minimum absolute atomic E-state index is 0.00876. The Hall–Kier alpha value is -1.92. The van der Waals surface area contributed by atoms with E-state index in [1.165, 1.54) is 270 Å². The maximum Gasteiger partial charge on any atom is 0.305 e. The number of ether oxygens (including phenoxy) is 1. The zero-order valence-corrected chi connectivity index (χ0v) is 49.1. The minimum atomic E-state index is -0.663. The molecule has 0 aromatic heterocycles. The maximum absolute atomic E-state index is 12.4. The van der Waals surface area contributed by atoms with E-state index < -0.39 is 12.1 Å². The lowest BCUT2D eigenvalue weighted by Gasteiger charge is -2.22. The summed E-state index contributed by atoms with van der Waals surface area (Å²) in [5, 5.41) is 23.2. The zero-order valence-electron chi connectivity index (χ0n) is 49.1. The number of aliphatic hydroxyl groups excluding tert-OH is 2. The van der Waals surface area contributed by atoms with Crippen LogP contribution in [0.4, 0.5) is 0 Å². The average molecular weight is 1030 g/mol. The van der Waals surface area contributed by atoms with Crippen molar-refractivity contribution in [2.24, 2.45) is 0 Å². The van der Waals surface area contributed by atoms with Gasteiger partial charge in [0.2, 0.25) is 5.91 Å². The smallest absolute Gasteiger partial charge is 0.305 e. The van der Waals surface area contributed by atoms with E-state index >= 15 is 0 Å². The quantitative estimate of drug-likeness (QED) is 0.0320. The van der Waals surface area contributed by atoms with Crippen LogP contribution in [-0.4, -0.2) is 47.4 Å². The highest BCUT2D eigenvalue weighted by molar-refractivity contribution is 5.76. The Morgan fingerprint density at radius 2 is 0.685 bits per heavy atom. The van der Waals surface area contributed by atoms with Crippen molar-refractivity contribution < 1.29 is 24.5 Å². The second kappa shape index (κ2) is 62.6. The summed E-state index contributed by atoms with van der Waals surface area (Å²) >= 11 is 0. The third-order valence-electron chi connectivity index (χ3n) is 15.2. The van der Waals surface area contributed by atoms with Gasteiger partial charge in [-0.1, -0.05) is 294 Å². The fraction of sp³-hybridized carbons (Fsp3) is 0.881. The Kier molecular flexibility index (Phi) is 61.0. The molecule has 0 bridgehead atoms. The van der Waals surface area contributed by atoms with Gasteiger partial charge in [0.1, 0.15) is 0 Å². The van der Waals surface area contributed by atoms with Crippen molar-refractivity contribution in [2.45, 2.75) is 366 Å². The largest absolute Gasteiger partial charge is 0.466 e. The van der Waals surface area contributed by atoms with Crippen LogP contribution >= 0.6 is 0 Å². The van der Waals surface area contributed by atoms with Crippen molar-refractivity contribution in [3.05, 3.63) is 36.5 Å². The van der Waals surface area contributed by atoms with Crippen molar-refractivity contribution in [1.29, 1.82) is 0 Å². The fourth-order valence-corrected chi connectivity index (χ4v) is 10.1. The average Bonchev–Trinajstić information content (AvgIpc) is 3.39. The van der Waals surface area contributed by atoms with Crippen LogP contribution in [0.1, 0.15) is 354 Å². The highest BCUT2D eigenvalue weighted by atomic mass is 16.5. The molecule has 73 heavy (non-hydrogen) atoms. The van der Waals surface area contributed by atoms with Gasteiger partial charge in [-0.25, -0.2) is 0 Å². The number of rotatable bonds is 61. The number of allylic oxidation sites excluding steroid dienone is 6.